The van der Waals surface area contributed by atoms with Crippen molar-refractivity contribution in [3.8, 4) is 5.75 Å². The number of phenolic OH excluding ortho intramolecular Hbond substituents is 1. The summed E-state index contributed by atoms with van der Waals surface area (Å²) in [4.78, 5) is 38.6. The molecule has 17 heavy (non-hydrogen) atoms. The minimum Gasteiger partial charge on any atom is -0.508 e. The molecule has 6 heteroatoms. The zero-order valence-electron chi connectivity index (χ0n) is 8.75. The minimum atomic E-state index is -0.857. The van der Waals surface area contributed by atoms with Gasteiger partial charge in [-0.05, 0) is 18.2 Å². The molecular formula is C11H9NO5. The van der Waals surface area contributed by atoms with E-state index in [9.17, 15) is 19.5 Å². The predicted molar refractivity (Wildman–Crippen MR) is 54.6 cm³/mol. The fraction of sp³-hybridized carbons (Fsp3) is 0.182. The Balaban J connectivity index is 2.12. The van der Waals surface area contributed by atoms with Gasteiger partial charge in [0.05, 0.1) is 5.56 Å². The van der Waals surface area contributed by atoms with Crippen molar-refractivity contribution in [1.82, 2.24) is 5.06 Å². The molecule has 0 aliphatic carbocycles. The summed E-state index contributed by atoms with van der Waals surface area (Å²) in [6, 6.07) is 5.45. The van der Waals surface area contributed by atoms with E-state index in [1.54, 1.807) is 0 Å². The first-order valence-electron chi connectivity index (χ1n) is 4.95. The van der Waals surface area contributed by atoms with Crippen LogP contribution in [0.4, 0.5) is 0 Å². The lowest BCUT2D eigenvalue weighted by molar-refractivity contribution is -0.172. The predicted octanol–water partition coefficient (Wildman–Crippen LogP) is 0.613. The van der Waals surface area contributed by atoms with Crippen LogP contribution in [0, 0.1) is 0 Å². The molecule has 1 aliphatic heterocycles. The number of imide groups is 1. The molecule has 1 saturated heterocycles. The Hall–Kier alpha value is -2.37. The smallest absolute Gasteiger partial charge is 0.364 e. The first-order chi connectivity index (χ1) is 8.08. The third kappa shape index (κ3) is 2.25. The molecular weight excluding hydrogens is 226 g/mol. The molecule has 2 rings (SSSR count). The topological polar surface area (TPSA) is 83.9 Å². The van der Waals surface area contributed by atoms with E-state index in [0.717, 1.165) is 0 Å². The molecule has 1 aromatic rings. The van der Waals surface area contributed by atoms with Crippen LogP contribution in [0.15, 0.2) is 24.3 Å². The normalized spacial score (nSPS) is 15.2. The van der Waals surface area contributed by atoms with Gasteiger partial charge in [0.1, 0.15) is 5.75 Å². The number of phenols is 1. The highest BCUT2D eigenvalue weighted by Crippen LogP contribution is 2.16. The minimum absolute atomic E-state index is 0.0478. The average molecular weight is 235 g/mol. The number of carbonyl (C=O) groups excluding carboxylic acids is 3. The first kappa shape index (κ1) is 11.1. The van der Waals surface area contributed by atoms with Crippen LogP contribution in [0.2, 0.25) is 0 Å². The summed E-state index contributed by atoms with van der Waals surface area (Å²) >= 11 is 0. The molecule has 0 aromatic heterocycles. The van der Waals surface area contributed by atoms with E-state index in [4.69, 9.17) is 0 Å². The summed E-state index contributed by atoms with van der Waals surface area (Å²) in [7, 11) is 0. The lowest BCUT2D eigenvalue weighted by atomic mass is 10.2. The van der Waals surface area contributed by atoms with Gasteiger partial charge in [-0.25, -0.2) is 4.79 Å². The molecule has 0 radical (unpaired) electrons. The highest BCUT2D eigenvalue weighted by molar-refractivity contribution is 6.02. The zero-order chi connectivity index (χ0) is 12.4. The second-order valence-corrected chi connectivity index (χ2v) is 3.51. The van der Waals surface area contributed by atoms with Crippen LogP contribution < -0.4 is 0 Å². The highest BCUT2D eigenvalue weighted by atomic mass is 16.7. The van der Waals surface area contributed by atoms with Crippen LogP contribution in [0.5, 0.6) is 5.75 Å². The summed E-state index contributed by atoms with van der Waals surface area (Å²) in [5.74, 6) is -2.03. The number of amides is 2. The Morgan fingerprint density at radius 1 is 1.24 bits per heavy atom. The number of hydrogen-bond acceptors (Lipinski definition) is 5. The molecule has 0 unspecified atom stereocenters. The van der Waals surface area contributed by atoms with Gasteiger partial charge >= 0.3 is 5.97 Å². The maximum Gasteiger partial charge on any atom is 0.364 e. The van der Waals surface area contributed by atoms with Crippen molar-refractivity contribution in [3.05, 3.63) is 29.8 Å². The van der Waals surface area contributed by atoms with Gasteiger partial charge in [-0.1, -0.05) is 6.07 Å². The average Bonchev–Trinajstić information content (AvgIpc) is 2.61. The standard InChI is InChI=1S/C11H9NO5/c13-8-3-1-2-7(6-8)11(16)17-12-9(14)4-5-10(12)15/h1-3,6,13H,4-5H2. The van der Waals surface area contributed by atoms with Gasteiger partial charge < -0.3 is 9.94 Å². The van der Waals surface area contributed by atoms with Crippen molar-refractivity contribution < 1.29 is 24.3 Å². The maximum atomic E-state index is 11.6. The fourth-order valence-corrected chi connectivity index (χ4v) is 1.43. The van der Waals surface area contributed by atoms with Crippen molar-refractivity contribution >= 4 is 17.8 Å². The van der Waals surface area contributed by atoms with Crippen molar-refractivity contribution in [2.75, 3.05) is 0 Å². The van der Waals surface area contributed by atoms with E-state index >= 15 is 0 Å². The molecule has 2 amide bonds. The number of hydroxylamine groups is 2. The Bertz CT molecular complexity index is 480. The van der Waals surface area contributed by atoms with E-state index in [-0.39, 0.29) is 24.2 Å². The second kappa shape index (κ2) is 4.25. The number of nitrogens with zero attached hydrogens (tertiary/aromatic N) is 1. The summed E-state index contributed by atoms with van der Waals surface area (Å²) in [6.07, 6.45) is 0.0955. The molecule has 0 atom stereocenters. The van der Waals surface area contributed by atoms with E-state index in [0.29, 0.717) is 5.06 Å². The molecule has 6 nitrogen and oxygen atoms in total. The van der Waals surface area contributed by atoms with Crippen LogP contribution in [0.25, 0.3) is 0 Å². The van der Waals surface area contributed by atoms with Crippen LogP contribution in [0.3, 0.4) is 0 Å². The van der Waals surface area contributed by atoms with E-state index in [2.05, 4.69) is 4.84 Å². The van der Waals surface area contributed by atoms with Crippen molar-refractivity contribution in [2.24, 2.45) is 0 Å². The number of hydrogen-bond donors (Lipinski definition) is 1. The first-order valence-corrected chi connectivity index (χ1v) is 4.95. The van der Waals surface area contributed by atoms with E-state index in [1.165, 1.54) is 24.3 Å². The molecule has 0 spiro atoms. The molecule has 0 saturated carbocycles. The maximum absolute atomic E-state index is 11.6. The quantitative estimate of drug-likeness (QED) is 0.759. The molecule has 88 valence electrons. The summed E-state index contributed by atoms with van der Waals surface area (Å²) < 4.78 is 0. The number of aromatic hydroxyl groups is 1. The summed E-state index contributed by atoms with van der Waals surface area (Å²) in [6.45, 7) is 0. The van der Waals surface area contributed by atoms with Crippen LogP contribution in [-0.4, -0.2) is 28.0 Å². The van der Waals surface area contributed by atoms with Crippen molar-refractivity contribution in [2.45, 2.75) is 12.8 Å². The van der Waals surface area contributed by atoms with Gasteiger partial charge in [0.2, 0.25) is 0 Å². The molecule has 1 N–H and O–H groups in total. The van der Waals surface area contributed by atoms with Crippen LogP contribution in [-0.2, 0) is 14.4 Å². The van der Waals surface area contributed by atoms with Gasteiger partial charge in [-0.2, -0.15) is 0 Å². The lowest BCUT2D eigenvalue weighted by Crippen LogP contribution is -2.32. The number of carbonyl (C=O) groups is 3. The summed E-state index contributed by atoms with van der Waals surface area (Å²) in [5, 5.41) is 9.64. The van der Waals surface area contributed by atoms with Gasteiger partial charge in [-0.3, -0.25) is 9.59 Å². The molecule has 1 fully saturated rings. The molecule has 1 aromatic carbocycles. The van der Waals surface area contributed by atoms with Gasteiger partial charge in [0.25, 0.3) is 11.8 Å². The monoisotopic (exact) mass is 235 g/mol. The van der Waals surface area contributed by atoms with Gasteiger partial charge in [0, 0.05) is 12.8 Å². The van der Waals surface area contributed by atoms with Gasteiger partial charge in [0.15, 0.2) is 0 Å². The third-order valence-corrected chi connectivity index (χ3v) is 2.26. The Morgan fingerprint density at radius 3 is 2.47 bits per heavy atom. The molecule has 1 heterocycles. The Labute approximate surface area is 96.4 Å². The Morgan fingerprint density at radius 2 is 1.88 bits per heavy atom. The lowest BCUT2D eigenvalue weighted by Gasteiger charge is -2.12. The van der Waals surface area contributed by atoms with E-state index in [1.807, 2.05) is 0 Å². The van der Waals surface area contributed by atoms with Crippen molar-refractivity contribution in [3.63, 3.8) is 0 Å². The van der Waals surface area contributed by atoms with Crippen LogP contribution >= 0.6 is 0 Å². The molecule has 1 aliphatic rings. The fourth-order valence-electron chi connectivity index (χ4n) is 1.43. The second-order valence-electron chi connectivity index (χ2n) is 3.51. The third-order valence-electron chi connectivity index (χ3n) is 2.26. The molecule has 0 bridgehead atoms. The van der Waals surface area contributed by atoms with Gasteiger partial charge in [-0.15, -0.1) is 5.06 Å². The van der Waals surface area contributed by atoms with Crippen LogP contribution in [0.1, 0.15) is 23.2 Å². The number of benzene rings is 1. The van der Waals surface area contributed by atoms with E-state index < -0.39 is 17.8 Å². The number of rotatable bonds is 2. The zero-order valence-corrected chi connectivity index (χ0v) is 8.75. The van der Waals surface area contributed by atoms with Crippen molar-refractivity contribution in [1.29, 1.82) is 0 Å². The highest BCUT2D eigenvalue weighted by Gasteiger charge is 2.33. The summed E-state index contributed by atoms with van der Waals surface area (Å²) in [5.41, 5.74) is 0.0671. The Kier molecular flexibility index (Phi) is 2.78. The largest absolute Gasteiger partial charge is 0.508 e. The SMILES string of the molecule is O=C(ON1C(=O)CCC1=O)c1cccc(O)c1.